The van der Waals surface area contributed by atoms with Crippen molar-refractivity contribution in [1.29, 1.82) is 0 Å². The van der Waals surface area contributed by atoms with Gasteiger partial charge in [0.1, 0.15) is 24.1 Å². The number of rotatable bonds is 7. The van der Waals surface area contributed by atoms with Gasteiger partial charge in [-0.3, -0.25) is 14.7 Å². The molecule has 1 aliphatic rings. The van der Waals surface area contributed by atoms with Gasteiger partial charge >= 0.3 is 6.09 Å². The zero-order valence-corrected chi connectivity index (χ0v) is 15.2. The van der Waals surface area contributed by atoms with Gasteiger partial charge < -0.3 is 19.5 Å². The molecule has 1 N–H and O–H groups in total. The first kappa shape index (κ1) is 18.5. The Balaban J connectivity index is 1.65. The van der Waals surface area contributed by atoms with Gasteiger partial charge in [-0.1, -0.05) is 6.07 Å². The number of methoxy groups -OCH3 is 2. The second-order valence-electron chi connectivity index (χ2n) is 6.02. The minimum atomic E-state index is -0.690. The minimum absolute atomic E-state index is 0.0202. The summed E-state index contributed by atoms with van der Waals surface area (Å²) in [6.45, 7) is 0.557. The Morgan fingerprint density at radius 2 is 2.00 bits per heavy atom. The maximum absolute atomic E-state index is 12.6. The van der Waals surface area contributed by atoms with Gasteiger partial charge in [-0.05, 0) is 29.3 Å². The van der Waals surface area contributed by atoms with Crippen LogP contribution >= 0.6 is 0 Å². The van der Waals surface area contributed by atoms with Crippen LogP contribution in [-0.2, 0) is 22.6 Å². The molecule has 27 heavy (non-hydrogen) atoms. The molecule has 1 atom stereocenters. The smallest absolute Gasteiger partial charge is 0.410 e. The third kappa shape index (κ3) is 4.46. The molecular weight excluding hydrogens is 350 g/mol. The summed E-state index contributed by atoms with van der Waals surface area (Å²) in [5, 5.41) is 2.84. The number of amides is 2. The SMILES string of the molecule is COc1cc(CNC(=O)[C@@H]2COC(=O)N2Cc2cccnc2)cc(OC)c1. The van der Waals surface area contributed by atoms with E-state index in [4.69, 9.17) is 14.2 Å². The van der Waals surface area contributed by atoms with Crippen molar-refractivity contribution in [2.75, 3.05) is 20.8 Å². The van der Waals surface area contributed by atoms with Crippen LogP contribution < -0.4 is 14.8 Å². The van der Waals surface area contributed by atoms with Crippen LogP contribution in [0.15, 0.2) is 42.7 Å². The fraction of sp³-hybridized carbons (Fsp3) is 0.316. The van der Waals surface area contributed by atoms with Crippen molar-refractivity contribution in [3.63, 3.8) is 0 Å². The molecule has 0 unspecified atom stereocenters. The van der Waals surface area contributed by atoms with Gasteiger partial charge in [-0.15, -0.1) is 0 Å². The van der Waals surface area contributed by atoms with Gasteiger partial charge in [0, 0.05) is 25.0 Å². The number of hydrogen-bond donors (Lipinski definition) is 1. The highest BCUT2D eigenvalue weighted by atomic mass is 16.6. The Labute approximate surface area is 157 Å². The first-order chi connectivity index (χ1) is 13.1. The number of benzene rings is 1. The molecule has 0 spiro atoms. The van der Waals surface area contributed by atoms with Crippen LogP contribution in [0, 0.1) is 0 Å². The highest BCUT2D eigenvalue weighted by Crippen LogP contribution is 2.22. The van der Waals surface area contributed by atoms with Gasteiger partial charge in [0.15, 0.2) is 0 Å². The average molecular weight is 371 g/mol. The number of carbonyl (C=O) groups excluding carboxylic acids is 2. The van der Waals surface area contributed by atoms with Gasteiger partial charge in [0.25, 0.3) is 0 Å². The fourth-order valence-corrected chi connectivity index (χ4v) is 2.81. The zero-order valence-electron chi connectivity index (χ0n) is 15.2. The Morgan fingerprint density at radius 1 is 1.26 bits per heavy atom. The van der Waals surface area contributed by atoms with E-state index in [1.807, 2.05) is 18.2 Å². The predicted octanol–water partition coefficient (Wildman–Crippen LogP) is 1.74. The molecular formula is C19H21N3O5. The van der Waals surface area contributed by atoms with E-state index in [1.54, 1.807) is 38.7 Å². The van der Waals surface area contributed by atoms with Crippen LogP contribution in [0.4, 0.5) is 4.79 Å². The van der Waals surface area contributed by atoms with Crippen LogP contribution in [0.25, 0.3) is 0 Å². The lowest BCUT2D eigenvalue weighted by molar-refractivity contribution is -0.125. The van der Waals surface area contributed by atoms with E-state index in [-0.39, 0.29) is 25.6 Å². The number of hydrogen-bond acceptors (Lipinski definition) is 6. The molecule has 0 saturated carbocycles. The number of pyridine rings is 1. The topological polar surface area (TPSA) is 90.0 Å². The van der Waals surface area contributed by atoms with E-state index in [0.29, 0.717) is 11.5 Å². The van der Waals surface area contributed by atoms with Crippen molar-refractivity contribution >= 4 is 12.0 Å². The summed E-state index contributed by atoms with van der Waals surface area (Å²) in [6.07, 6.45) is 2.80. The van der Waals surface area contributed by atoms with Crippen LogP contribution in [0.3, 0.4) is 0 Å². The summed E-state index contributed by atoms with van der Waals surface area (Å²) in [5.74, 6) is 0.985. The molecule has 8 heteroatoms. The minimum Gasteiger partial charge on any atom is -0.497 e. The third-order valence-electron chi connectivity index (χ3n) is 4.23. The Kier molecular flexibility index (Phi) is 5.75. The number of ether oxygens (including phenoxy) is 3. The summed E-state index contributed by atoms with van der Waals surface area (Å²) in [4.78, 5) is 30.0. The summed E-state index contributed by atoms with van der Waals surface area (Å²) < 4.78 is 15.5. The van der Waals surface area contributed by atoms with E-state index < -0.39 is 12.1 Å². The molecule has 1 aromatic heterocycles. The van der Waals surface area contributed by atoms with Crippen molar-refractivity contribution in [2.24, 2.45) is 0 Å². The standard InChI is InChI=1S/C19H21N3O5/c1-25-15-6-14(7-16(8-15)26-2)10-21-18(23)17-12-27-19(24)22(17)11-13-4-3-5-20-9-13/h3-9,17H,10-12H2,1-2H3,(H,21,23)/t17-/m0/s1. The monoisotopic (exact) mass is 371 g/mol. The van der Waals surface area contributed by atoms with Crippen LogP contribution in [0.5, 0.6) is 11.5 Å². The molecule has 1 aliphatic heterocycles. The van der Waals surface area contributed by atoms with Gasteiger partial charge in [-0.2, -0.15) is 0 Å². The lowest BCUT2D eigenvalue weighted by Gasteiger charge is -2.20. The summed E-state index contributed by atoms with van der Waals surface area (Å²) in [5.41, 5.74) is 1.65. The van der Waals surface area contributed by atoms with E-state index in [1.165, 1.54) is 4.90 Å². The molecule has 142 valence electrons. The average Bonchev–Trinajstić information content (AvgIpc) is 3.07. The second kappa shape index (κ2) is 8.39. The molecule has 3 rings (SSSR count). The van der Waals surface area contributed by atoms with Crippen molar-refractivity contribution in [3.8, 4) is 11.5 Å². The van der Waals surface area contributed by atoms with Gasteiger partial charge in [-0.25, -0.2) is 4.79 Å². The van der Waals surface area contributed by atoms with Crippen molar-refractivity contribution < 1.29 is 23.8 Å². The molecule has 1 fully saturated rings. The maximum atomic E-state index is 12.6. The maximum Gasteiger partial charge on any atom is 0.410 e. The van der Waals surface area contributed by atoms with Gasteiger partial charge in [0.05, 0.1) is 20.8 Å². The summed E-state index contributed by atoms with van der Waals surface area (Å²) in [6, 6.07) is 8.31. The molecule has 1 aromatic carbocycles. The van der Waals surface area contributed by atoms with E-state index in [0.717, 1.165) is 11.1 Å². The quantitative estimate of drug-likeness (QED) is 0.797. The molecule has 2 heterocycles. The van der Waals surface area contributed by atoms with Crippen molar-refractivity contribution in [2.45, 2.75) is 19.1 Å². The largest absolute Gasteiger partial charge is 0.497 e. The molecule has 0 bridgehead atoms. The highest BCUT2D eigenvalue weighted by molar-refractivity contribution is 5.87. The van der Waals surface area contributed by atoms with Crippen molar-refractivity contribution in [3.05, 3.63) is 53.9 Å². The normalized spacial score (nSPS) is 16.0. The second-order valence-corrected chi connectivity index (χ2v) is 6.02. The van der Waals surface area contributed by atoms with Crippen LogP contribution in [0.1, 0.15) is 11.1 Å². The Morgan fingerprint density at radius 3 is 2.63 bits per heavy atom. The Bertz CT molecular complexity index is 790. The molecule has 1 saturated heterocycles. The number of nitrogens with one attached hydrogen (secondary N) is 1. The van der Waals surface area contributed by atoms with Crippen LogP contribution in [0.2, 0.25) is 0 Å². The molecule has 0 radical (unpaired) electrons. The third-order valence-corrected chi connectivity index (χ3v) is 4.23. The lowest BCUT2D eigenvalue weighted by atomic mass is 10.1. The molecule has 0 aliphatic carbocycles. The fourth-order valence-electron chi connectivity index (χ4n) is 2.81. The molecule has 2 aromatic rings. The lowest BCUT2D eigenvalue weighted by Crippen LogP contribution is -2.45. The number of nitrogens with zero attached hydrogens (tertiary/aromatic N) is 2. The van der Waals surface area contributed by atoms with E-state index in [2.05, 4.69) is 10.3 Å². The van der Waals surface area contributed by atoms with Gasteiger partial charge in [0.2, 0.25) is 5.91 Å². The Hall–Kier alpha value is -3.29. The number of carbonyl (C=O) groups is 2. The highest BCUT2D eigenvalue weighted by Gasteiger charge is 2.37. The summed E-state index contributed by atoms with van der Waals surface area (Å²) in [7, 11) is 3.13. The first-order valence-corrected chi connectivity index (χ1v) is 8.42. The molecule has 2 amide bonds. The number of cyclic esters (lactones) is 1. The summed E-state index contributed by atoms with van der Waals surface area (Å²) >= 11 is 0. The predicted molar refractivity (Wildman–Crippen MR) is 96.3 cm³/mol. The van der Waals surface area contributed by atoms with Crippen LogP contribution in [-0.4, -0.2) is 48.8 Å². The molecule has 8 nitrogen and oxygen atoms in total. The van der Waals surface area contributed by atoms with E-state index in [9.17, 15) is 9.59 Å². The van der Waals surface area contributed by atoms with E-state index >= 15 is 0 Å². The van der Waals surface area contributed by atoms with Crippen molar-refractivity contribution in [1.82, 2.24) is 15.2 Å². The first-order valence-electron chi connectivity index (χ1n) is 8.42. The number of aromatic nitrogens is 1. The zero-order chi connectivity index (χ0) is 19.2.